The van der Waals surface area contributed by atoms with Crippen molar-refractivity contribution in [2.45, 2.75) is 18.7 Å². The number of hydrogen-bond donors (Lipinski definition) is 2. The number of phenolic OH excluding ortho intramolecular Hbond substituents is 1. The number of aliphatic hydroxyl groups is 1. The number of alkyl halides is 3. The third kappa shape index (κ3) is 1.80. The van der Waals surface area contributed by atoms with Crippen LogP contribution in [0.1, 0.15) is 12.5 Å². The molecular weight excluding hydrogens is 245 g/mol. The lowest BCUT2D eigenvalue weighted by Crippen LogP contribution is -2.39. The molecule has 0 radical (unpaired) electrons. The van der Waals surface area contributed by atoms with Gasteiger partial charge in [-0.05, 0) is 12.3 Å². The lowest BCUT2D eigenvalue weighted by Gasteiger charge is -2.27. The summed E-state index contributed by atoms with van der Waals surface area (Å²) in [7, 11) is 0. The maximum absolute atomic E-state index is 12.7. The highest BCUT2D eigenvalue weighted by Gasteiger charge is 2.52. The lowest BCUT2D eigenvalue weighted by molar-refractivity contribution is -0.259. The standard InChI is InChI=1S/C13H11F3O2/c1-12(18,13(14,15)16)10-7-6-8-4-2-3-5-9(8)11(10)17/h2-7,17-18H,1H3. The van der Waals surface area contributed by atoms with Crippen molar-refractivity contribution >= 4 is 10.8 Å². The number of aromatic hydroxyl groups is 1. The number of halogens is 3. The Labute approximate surface area is 101 Å². The molecule has 2 aromatic rings. The molecule has 2 N–H and O–H groups in total. The highest BCUT2D eigenvalue weighted by Crippen LogP contribution is 2.44. The van der Waals surface area contributed by atoms with Gasteiger partial charge in [0.1, 0.15) is 5.75 Å². The molecule has 0 aliphatic rings. The molecule has 0 heterocycles. The summed E-state index contributed by atoms with van der Waals surface area (Å²) in [5.41, 5.74) is -3.63. The van der Waals surface area contributed by atoms with Crippen LogP contribution in [0, 0.1) is 0 Å². The number of hydrogen-bond acceptors (Lipinski definition) is 2. The molecule has 0 aliphatic carbocycles. The molecular formula is C13H11F3O2. The first-order chi connectivity index (χ1) is 8.25. The van der Waals surface area contributed by atoms with Gasteiger partial charge >= 0.3 is 6.18 Å². The van der Waals surface area contributed by atoms with Gasteiger partial charge in [-0.2, -0.15) is 13.2 Å². The average molecular weight is 256 g/mol. The van der Waals surface area contributed by atoms with Gasteiger partial charge in [-0.3, -0.25) is 0 Å². The highest BCUT2D eigenvalue weighted by atomic mass is 19.4. The molecule has 0 saturated carbocycles. The summed E-state index contributed by atoms with van der Waals surface area (Å²) < 4.78 is 38.2. The number of phenols is 1. The summed E-state index contributed by atoms with van der Waals surface area (Å²) in [4.78, 5) is 0. The van der Waals surface area contributed by atoms with Crippen LogP contribution < -0.4 is 0 Å². The fraction of sp³-hybridized carbons (Fsp3) is 0.231. The van der Waals surface area contributed by atoms with E-state index in [-0.39, 0.29) is 5.39 Å². The summed E-state index contributed by atoms with van der Waals surface area (Å²) in [5, 5.41) is 20.4. The minimum Gasteiger partial charge on any atom is -0.507 e. The minimum absolute atomic E-state index is 0.277. The predicted molar refractivity (Wildman–Crippen MR) is 61.2 cm³/mol. The minimum atomic E-state index is -4.85. The van der Waals surface area contributed by atoms with Crippen LogP contribution in [-0.4, -0.2) is 16.4 Å². The average Bonchev–Trinajstić information content (AvgIpc) is 2.28. The Morgan fingerprint density at radius 3 is 2.22 bits per heavy atom. The summed E-state index contributed by atoms with van der Waals surface area (Å²) in [6.45, 7) is 0.622. The zero-order valence-electron chi connectivity index (χ0n) is 9.49. The number of fused-ring (bicyclic) bond motifs is 1. The molecule has 2 nitrogen and oxygen atoms in total. The second-order valence-electron chi connectivity index (χ2n) is 4.25. The Morgan fingerprint density at radius 2 is 1.61 bits per heavy atom. The molecule has 18 heavy (non-hydrogen) atoms. The van der Waals surface area contributed by atoms with E-state index < -0.39 is 23.1 Å². The molecule has 0 aliphatic heterocycles. The monoisotopic (exact) mass is 256 g/mol. The van der Waals surface area contributed by atoms with Crippen LogP contribution in [0.2, 0.25) is 0 Å². The lowest BCUT2D eigenvalue weighted by atomic mass is 9.92. The zero-order valence-corrected chi connectivity index (χ0v) is 9.49. The molecule has 5 heteroatoms. The van der Waals surface area contributed by atoms with Gasteiger partial charge in [-0.1, -0.05) is 36.4 Å². The van der Waals surface area contributed by atoms with E-state index in [1.54, 1.807) is 18.2 Å². The van der Waals surface area contributed by atoms with E-state index in [9.17, 15) is 23.4 Å². The smallest absolute Gasteiger partial charge is 0.421 e. The van der Waals surface area contributed by atoms with E-state index in [1.807, 2.05) is 0 Å². The normalized spacial score (nSPS) is 15.6. The van der Waals surface area contributed by atoms with Gasteiger partial charge in [0.05, 0.1) is 0 Å². The molecule has 2 aromatic carbocycles. The molecule has 0 fully saturated rings. The van der Waals surface area contributed by atoms with E-state index >= 15 is 0 Å². The van der Waals surface area contributed by atoms with Crippen LogP contribution in [-0.2, 0) is 5.60 Å². The second-order valence-corrected chi connectivity index (χ2v) is 4.25. The van der Waals surface area contributed by atoms with E-state index in [2.05, 4.69) is 0 Å². The first-order valence-corrected chi connectivity index (χ1v) is 5.25. The number of rotatable bonds is 1. The van der Waals surface area contributed by atoms with Crippen molar-refractivity contribution in [1.29, 1.82) is 0 Å². The molecule has 0 aromatic heterocycles. The first kappa shape index (κ1) is 12.7. The summed E-state index contributed by atoms with van der Waals surface area (Å²) in [6, 6.07) is 9.01. The fourth-order valence-corrected chi connectivity index (χ4v) is 1.80. The van der Waals surface area contributed by atoms with E-state index in [0.29, 0.717) is 12.3 Å². The Morgan fingerprint density at radius 1 is 1.00 bits per heavy atom. The van der Waals surface area contributed by atoms with Crippen LogP contribution in [0.4, 0.5) is 13.2 Å². The summed E-state index contributed by atoms with van der Waals surface area (Å²) in [5.74, 6) is -0.546. The molecule has 0 bridgehead atoms. The molecule has 0 amide bonds. The Bertz CT molecular complexity index is 588. The molecule has 1 atom stereocenters. The molecule has 2 rings (SSSR count). The van der Waals surface area contributed by atoms with Crippen LogP contribution in [0.25, 0.3) is 10.8 Å². The van der Waals surface area contributed by atoms with Gasteiger partial charge in [0.15, 0.2) is 5.60 Å². The largest absolute Gasteiger partial charge is 0.507 e. The third-order valence-corrected chi connectivity index (χ3v) is 2.98. The Balaban J connectivity index is 2.70. The van der Waals surface area contributed by atoms with Gasteiger partial charge in [0.25, 0.3) is 0 Å². The van der Waals surface area contributed by atoms with Crippen LogP contribution in [0.15, 0.2) is 36.4 Å². The Hall–Kier alpha value is -1.75. The summed E-state index contributed by atoms with van der Waals surface area (Å²) in [6.07, 6.45) is -4.85. The fourth-order valence-electron chi connectivity index (χ4n) is 1.80. The van der Waals surface area contributed by atoms with Gasteiger partial charge < -0.3 is 10.2 Å². The number of benzene rings is 2. The molecule has 1 unspecified atom stereocenters. The predicted octanol–water partition coefficient (Wildman–Crippen LogP) is 3.32. The van der Waals surface area contributed by atoms with E-state index in [4.69, 9.17) is 0 Å². The maximum atomic E-state index is 12.7. The van der Waals surface area contributed by atoms with Gasteiger partial charge in [-0.25, -0.2) is 0 Å². The molecule has 0 saturated heterocycles. The van der Waals surface area contributed by atoms with Crippen LogP contribution in [0.5, 0.6) is 5.75 Å². The zero-order chi connectivity index (χ0) is 13.6. The third-order valence-electron chi connectivity index (χ3n) is 2.98. The molecule has 96 valence electrons. The SMILES string of the molecule is CC(O)(c1ccc2ccccc2c1O)C(F)(F)F. The van der Waals surface area contributed by atoms with Crippen molar-refractivity contribution in [3.8, 4) is 5.75 Å². The Kier molecular flexibility index (Phi) is 2.74. The van der Waals surface area contributed by atoms with Crippen molar-refractivity contribution < 1.29 is 23.4 Å². The summed E-state index contributed by atoms with van der Waals surface area (Å²) >= 11 is 0. The van der Waals surface area contributed by atoms with Gasteiger partial charge in [-0.15, -0.1) is 0 Å². The van der Waals surface area contributed by atoms with Crippen molar-refractivity contribution in [2.24, 2.45) is 0 Å². The van der Waals surface area contributed by atoms with Crippen LogP contribution >= 0.6 is 0 Å². The van der Waals surface area contributed by atoms with Gasteiger partial charge in [0, 0.05) is 10.9 Å². The van der Waals surface area contributed by atoms with Crippen molar-refractivity contribution in [3.63, 3.8) is 0 Å². The van der Waals surface area contributed by atoms with Gasteiger partial charge in [0.2, 0.25) is 0 Å². The van der Waals surface area contributed by atoms with Crippen molar-refractivity contribution in [2.75, 3.05) is 0 Å². The van der Waals surface area contributed by atoms with Crippen molar-refractivity contribution in [1.82, 2.24) is 0 Å². The van der Waals surface area contributed by atoms with E-state index in [0.717, 1.165) is 6.07 Å². The van der Waals surface area contributed by atoms with Crippen molar-refractivity contribution in [3.05, 3.63) is 42.0 Å². The quantitative estimate of drug-likeness (QED) is 0.821. The van der Waals surface area contributed by atoms with Crippen LogP contribution in [0.3, 0.4) is 0 Å². The topological polar surface area (TPSA) is 40.5 Å². The first-order valence-electron chi connectivity index (χ1n) is 5.25. The second kappa shape index (κ2) is 3.88. The van der Waals surface area contributed by atoms with E-state index in [1.165, 1.54) is 12.1 Å². The maximum Gasteiger partial charge on any atom is 0.421 e. The molecule has 0 spiro atoms. The highest BCUT2D eigenvalue weighted by molar-refractivity contribution is 5.89.